The fourth-order valence-corrected chi connectivity index (χ4v) is 1.90. The van der Waals surface area contributed by atoms with Crippen LogP contribution in [0.25, 0.3) is 0 Å². The summed E-state index contributed by atoms with van der Waals surface area (Å²) in [5.74, 6) is -0.177. The molecule has 1 atom stereocenters. The van der Waals surface area contributed by atoms with Gasteiger partial charge in [-0.15, -0.1) is 0 Å². The summed E-state index contributed by atoms with van der Waals surface area (Å²) in [6.45, 7) is 4.58. The Balaban J connectivity index is 2.70. The van der Waals surface area contributed by atoms with Crippen LogP contribution in [-0.2, 0) is 9.59 Å². The van der Waals surface area contributed by atoms with Gasteiger partial charge in [-0.25, -0.2) is 5.48 Å². The zero-order chi connectivity index (χ0) is 11.4. The Morgan fingerprint density at radius 3 is 2.67 bits per heavy atom. The summed E-state index contributed by atoms with van der Waals surface area (Å²) >= 11 is 0. The number of nitrogens with zero attached hydrogens (tertiary/aromatic N) is 1. The Kier molecular flexibility index (Phi) is 4.08. The fraction of sp³-hybridized carbons (Fsp3) is 0.800. The molecule has 86 valence electrons. The molecular weight excluding hydrogens is 196 g/mol. The summed E-state index contributed by atoms with van der Waals surface area (Å²) in [4.78, 5) is 24.5. The maximum atomic E-state index is 11.5. The maximum absolute atomic E-state index is 11.5. The van der Waals surface area contributed by atoms with Gasteiger partial charge in [-0.1, -0.05) is 13.8 Å². The molecule has 5 heteroatoms. The highest BCUT2D eigenvalue weighted by Crippen LogP contribution is 2.18. The summed E-state index contributed by atoms with van der Waals surface area (Å²) in [7, 11) is 0. The Morgan fingerprint density at radius 2 is 2.27 bits per heavy atom. The molecule has 5 nitrogen and oxygen atoms in total. The van der Waals surface area contributed by atoms with E-state index in [9.17, 15) is 9.59 Å². The van der Waals surface area contributed by atoms with E-state index in [0.717, 1.165) is 6.42 Å². The summed E-state index contributed by atoms with van der Waals surface area (Å²) < 4.78 is 0. The molecular formula is C10H18N2O3. The van der Waals surface area contributed by atoms with Crippen molar-refractivity contribution in [1.29, 1.82) is 0 Å². The van der Waals surface area contributed by atoms with Crippen LogP contribution in [0.2, 0.25) is 0 Å². The van der Waals surface area contributed by atoms with Crippen LogP contribution in [0.4, 0.5) is 0 Å². The number of carbonyl (C=O) groups is 2. The zero-order valence-corrected chi connectivity index (χ0v) is 9.19. The van der Waals surface area contributed by atoms with Gasteiger partial charge in [0.25, 0.3) is 5.91 Å². The third-order valence-electron chi connectivity index (χ3n) is 2.59. The Bertz CT molecular complexity index is 253. The van der Waals surface area contributed by atoms with Crippen molar-refractivity contribution in [3.63, 3.8) is 0 Å². The smallest absolute Gasteiger partial charge is 0.266 e. The summed E-state index contributed by atoms with van der Waals surface area (Å²) in [5.41, 5.74) is 1.64. The number of likely N-dealkylation sites (tertiary alicyclic amines) is 1. The van der Waals surface area contributed by atoms with Gasteiger partial charge >= 0.3 is 0 Å². The van der Waals surface area contributed by atoms with Crippen molar-refractivity contribution in [3.05, 3.63) is 0 Å². The van der Waals surface area contributed by atoms with Gasteiger partial charge in [0.2, 0.25) is 5.91 Å². The van der Waals surface area contributed by atoms with E-state index in [0.29, 0.717) is 25.3 Å². The minimum absolute atomic E-state index is 0.00394. The zero-order valence-electron chi connectivity index (χ0n) is 9.19. The van der Waals surface area contributed by atoms with Gasteiger partial charge in [0.05, 0.1) is 0 Å². The molecule has 1 heterocycles. The van der Waals surface area contributed by atoms with Crippen molar-refractivity contribution in [2.45, 2.75) is 39.2 Å². The number of carbonyl (C=O) groups excluding carboxylic acids is 2. The first-order chi connectivity index (χ1) is 7.06. The second kappa shape index (κ2) is 5.11. The molecule has 0 aromatic rings. The largest absolute Gasteiger partial charge is 0.331 e. The summed E-state index contributed by atoms with van der Waals surface area (Å²) in [6.07, 6.45) is 1.89. The third-order valence-corrected chi connectivity index (χ3v) is 2.59. The van der Waals surface area contributed by atoms with Crippen LogP contribution >= 0.6 is 0 Å². The predicted molar refractivity (Wildman–Crippen MR) is 54.1 cm³/mol. The van der Waals surface area contributed by atoms with E-state index >= 15 is 0 Å². The molecule has 0 bridgehead atoms. The molecule has 0 spiro atoms. The molecule has 0 radical (unpaired) electrons. The number of rotatable bonds is 4. The molecule has 0 aromatic heterocycles. The first-order valence-electron chi connectivity index (χ1n) is 5.29. The van der Waals surface area contributed by atoms with Gasteiger partial charge < -0.3 is 4.90 Å². The first kappa shape index (κ1) is 12.0. The van der Waals surface area contributed by atoms with Crippen LogP contribution in [0, 0.1) is 5.92 Å². The van der Waals surface area contributed by atoms with Crippen molar-refractivity contribution in [1.82, 2.24) is 10.4 Å². The molecule has 15 heavy (non-hydrogen) atoms. The maximum Gasteiger partial charge on any atom is 0.266 e. The SMILES string of the molecule is CC(C)CC(C(=O)NO)N1CCCC1=O. The Hall–Kier alpha value is -1.10. The highest BCUT2D eigenvalue weighted by Gasteiger charge is 2.32. The molecule has 2 N–H and O–H groups in total. The molecule has 0 aliphatic carbocycles. The molecule has 2 amide bonds. The normalized spacial score (nSPS) is 18.4. The van der Waals surface area contributed by atoms with Crippen LogP contribution in [0.5, 0.6) is 0 Å². The highest BCUT2D eigenvalue weighted by atomic mass is 16.5. The van der Waals surface area contributed by atoms with Gasteiger partial charge in [0, 0.05) is 13.0 Å². The van der Waals surface area contributed by atoms with Gasteiger partial charge in [0.15, 0.2) is 0 Å². The van der Waals surface area contributed by atoms with Gasteiger partial charge in [-0.05, 0) is 18.8 Å². The molecule has 0 aromatic carbocycles. The lowest BCUT2D eigenvalue weighted by molar-refractivity contribution is -0.142. The van der Waals surface area contributed by atoms with E-state index < -0.39 is 11.9 Å². The fourth-order valence-electron chi connectivity index (χ4n) is 1.90. The molecule has 1 aliphatic rings. The third kappa shape index (κ3) is 2.92. The second-order valence-electron chi connectivity index (χ2n) is 4.31. The number of amides is 2. The minimum Gasteiger partial charge on any atom is -0.331 e. The number of hydrogen-bond acceptors (Lipinski definition) is 3. The van der Waals surface area contributed by atoms with Crippen molar-refractivity contribution < 1.29 is 14.8 Å². The Labute approximate surface area is 89.4 Å². The van der Waals surface area contributed by atoms with Crippen molar-refractivity contribution in [3.8, 4) is 0 Å². The van der Waals surface area contributed by atoms with Gasteiger partial charge in [-0.2, -0.15) is 0 Å². The molecule has 0 saturated carbocycles. The molecule has 1 saturated heterocycles. The lowest BCUT2D eigenvalue weighted by Gasteiger charge is -2.27. The van der Waals surface area contributed by atoms with Crippen LogP contribution in [0.1, 0.15) is 33.1 Å². The van der Waals surface area contributed by atoms with E-state index in [1.165, 1.54) is 0 Å². The lowest BCUT2D eigenvalue weighted by atomic mass is 10.0. The van der Waals surface area contributed by atoms with Crippen LogP contribution in [-0.4, -0.2) is 34.5 Å². The van der Waals surface area contributed by atoms with E-state index in [1.54, 1.807) is 10.4 Å². The van der Waals surface area contributed by atoms with Gasteiger partial charge in [-0.3, -0.25) is 14.8 Å². The quantitative estimate of drug-likeness (QED) is 0.529. The van der Waals surface area contributed by atoms with Crippen molar-refractivity contribution in [2.24, 2.45) is 5.92 Å². The van der Waals surface area contributed by atoms with Crippen LogP contribution < -0.4 is 5.48 Å². The monoisotopic (exact) mass is 214 g/mol. The summed E-state index contributed by atoms with van der Waals surface area (Å²) in [5, 5.41) is 8.63. The summed E-state index contributed by atoms with van der Waals surface area (Å²) in [6, 6.07) is -0.523. The average Bonchev–Trinajstić information content (AvgIpc) is 2.59. The lowest BCUT2D eigenvalue weighted by Crippen LogP contribution is -2.47. The number of hydrogen-bond donors (Lipinski definition) is 2. The standard InChI is InChI=1S/C10H18N2O3/c1-7(2)6-8(10(14)11-15)12-5-3-4-9(12)13/h7-8,15H,3-6H2,1-2H3,(H,11,14). The molecule has 1 fully saturated rings. The number of hydroxylamine groups is 1. The predicted octanol–water partition coefficient (Wildman–Crippen LogP) is 0.529. The van der Waals surface area contributed by atoms with Crippen molar-refractivity contribution in [2.75, 3.05) is 6.54 Å². The minimum atomic E-state index is -0.523. The van der Waals surface area contributed by atoms with Crippen LogP contribution in [0.15, 0.2) is 0 Å². The topological polar surface area (TPSA) is 69.6 Å². The second-order valence-corrected chi connectivity index (χ2v) is 4.31. The number of nitrogens with one attached hydrogen (secondary N) is 1. The average molecular weight is 214 g/mol. The molecule has 1 rings (SSSR count). The van der Waals surface area contributed by atoms with Crippen LogP contribution in [0.3, 0.4) is 0 Å². The molecule has 1 unspecified atom stereocenters. The van der Waals surface area contributed by atoms with E-state index in [-0.39, 0.29) is 5.91 Å². The first-order valence-corrected chi connectivity index (χ1v) is 5.29. The van der Waals surface area contributed by atoms with Crippen molar-refractivity contribution >= 4 is 11.8 Å². The van der Waals surface area contributed by atoms with E-state index in [1.807, 2.05) is 13.8 Å². The Morgan fingerprint density at radius 1 is 1.60 bits per heavy atom. The van der Waals surface area contributed by atoms with E-state index in [4.69, 9.17) is 5.21 Å². The van der Waals surface area contributed by atoms with E-state index in [2.05, 4.69) is 0 Å². The van der Waals surface area contributed by atoms with Gasteiger partial charge in [0.1, 0.15) is 6.04 Å². The highest BCUT2D eigenvalue weighted by molar-refractivity contribution is 5.87. The molecule has 1 aliphatic heterocycles.